The predicted molar refractivity (Wildman–Crippen MR) is 113 cm³/mol. The number of carbonyl (C=O) groups is 1. The zero-order valence-electron chi connectivity index (χ0n) is 16.8. The Morgan fingerprint density at radius 2 is 1.90 bits per heavy atom. The number of amides is 1. The van der Waals surface area contributed by atoms with Crippen molar-refractivity contribution in [1.29, 1.82) is 0 Å². The Kier molecular flexibility index (Phi) is 6.57. The maximum atomic E-state index is 14.0. The van der Waals surface area contributed by atoms with Gasteiger partial charge < -0.3 is 5.32 Å². The molecule has 156 valence electrons. The summed E-state index contributed by atoms with van der Waals surface area (Å²) in [4.78, 5) is 12.3. The molecule has 0 saturated carbocycles. The van der Waals surface area contributed by atoms with Crippen LogP contribution < -0.4 is 9.62 Å². The van der Waals surface area contributed by atoms with Crippen molar-refractivity contribution < 1.29 is 17.6 Å². The van der Waals surface area contributed by atoms with Crippen LogP contribution in [0.1, 0.15) is 48.9 Å². The number of sulfonamides is 1. The fraction of sp³-hybridized carbons (Fsp3) is 0.409. The van der Waals surface area contributed by atoms with Gasteiger partial charge in [0.05, 0.1) is 18.0 Å². The number of nitrogens with one attached hydrogen (secondary N) is 1. The molecule has 0 heterocycles. The molecule has 0 fully saturated rings. The largest absolute Gasteiger partial charge is 0.350 e. The van der Waals surface area contributed by atoms with Crippen molar-refractivity contribution >= 4 is 21.6 Å². The van der Waals surface area contributed by atoms with E-state index in [-0.39, 0.29) is 30.6 Å². The number of para-hydroxylation sites is 1. The monoisotopic (exact) mass is 418 g/mol. The molecular formula is C22H27FN2O3S. The van der Waals surface area contributed by atoms with Gasteiger partial charge in [0.15, 0.2) is 0 Å². The maximum Gasteiger partial charge on any atom is 0.232 e. The zero-order chi connectivity index (χ0) is 21.0. The summed E-state index contributed by atoms with van der Waals surface area (Å²) in [7, 11) is -3.65. The molecule has 0 unspecified atom stereocenters. The molecule has 0 bridgehead atoms. The summed E-state index contributed by atoms with van der Waals surface area (Å²) >= 11 is 0. The molecular weight excluding hydrogens is 391 g/mol. The smallest absolute Gasteiger partial charge is 0.232 e. The van der Waals surface area contributed by atoms with Crippen molar-refractivity contribution in [2.45, 2.75) is 45.1 Å². The number of halogens is 1. The minimum atomic E-state index is -3.65. The lowest BCUT2D eigenvalue weighted by molar-refractivity contribution is -0.121. The van der Waals surface area contributed by atoms with E-state index in [9.17, 15) is 17.6 Å². The van der Waals surface area contributed by atoms with Gasteiger partial charge >= 0.3 is 0 Å². The molecule has 1 aliphatic carbocycles. The van der Waals surface area contributed by atoms with E-state index in [1.54, 1.807) is 6.07 Å². The summed E-state index contributed by atoms with van der Waals surface area (Å²) in [6.45, 7) is 1.98. The van der Waals surface area contributed by atoms with Crippen molar-refractivity contribution in [3.05, 3.63) is 65.0 Å². The summed E-state index contributed by atoms with van der Waals surface area (Å²) in [5.74, 6) is -0.757. The first kappa shape index (κ1) is 21.3. The lowest BCUT2D eigenvalue weighted by Crippen LogP contribution is -2.33. The minimum absolute atomic E-state index is 0.00178. The number of anilines is 1. The van der Waals surface area contributed by atoms with Gasteiger partial charge in [0.2, 0.25) is 15.9 Å². The van der Waals surface area contributed by atoms with Gasteiger partial charge in [0.1, 0.15) is 5.82 Å². The molecule has 0 aromatic heterocycles. The highest BCUT2D eigenvalue weighted by Crippen LogP contribution is 2.25. The first-order valence-corrected chi connectivity index (χ1v) is 11.7. The van der Waals surface area contributed by atoms with Crippen LogP contribution in [0.3, 0.4) is 0 Å². The van der Waals surface area contributed by atoms with Crippen molar-refractivity contribution in [1.82, 2.24) is 5.32 Å². The van der Waals surface area contributed by atoms with Crippen LogP contribution in [0.5, 0.6) is 0 Å². The molecule has 1 aliphatic rings. The molecule has 0 spiro atoms. The minimum Gasteiger partial charge on any atom is -0.350 e. The van der Waals surface area contributed by atoms with Gasteiger partial charge in [-0.25, -0.2) is 12.8 Å². The Morgan fingerprint density at radius 1 is 1.17 bits per heavy atom. The molecule has 0 saturated heterocycles. The second kappa shape index (κ2) is 8.95. The Labute approximate surface area is 172 Å². The Hall–Kier alpha value is -2.41. The van der Waals surface area contributed by atoms with Crippen LogP contribution in [0.25, 0.3) is 0 Å². The highest BCUT2D eigenvalue weighted by atomic mass is 32.2. The van der Waals surface area contributed by atoms with Gasteiger partial charge in [-0.05, 0) is 61.4 Å². The zero-order valence-corrected chi connectivity index (χ0v) is 17.6. The number of aryl methyl sites for hydroxylation is 2. The van der Waals surface area contributed by atoms with E-state index in [0.717, 1.165) is 29.0 Å². The van der Waals surface area contributed by atoms with Crippen LogP contribution >= 0.6 is 0 Å². The molecule has 0 radical (unpaired) electrons. The summed E-state index contributed by atoms with van der Waals surface area (Å²) in [5.41, 5.74) is 3.82. The third-order valence-corrected chi connectivity index (χ3v) is 6.47. The fourth-order valence-electron chi connectivity index (χ4n) is 3.76. The van der Waals surface area contributed by atoms with Crippen LogP contribution in [-0.2, 0) is 27.7 Å². The molecule has 2 aromatic carbocycles. The van der Waals surface area contributed by atoms with Crippen LogP contribution in [0.4, 0.5) is 10.1 Å². The van der Waals surface area contributed by atoms with E-state index in [2.05, 4.69) is 23.5 Å². The van der Waals surface area contributed by atoms with E-state index in [4.69, 9.17) is 0 Å². The fourth-order valence-corrected chi connectivity index (χ4v) is 4.73. The van der Waals surface area contributed by atoms with E-state index in [1.807, 2.05) is 6.92 Å². The number of fused-ring (bicyclic) bond motifs is 1. The second-order valence-electron chi connectivity index (χ2n) is 7.56. The molecule has 1 N–H and O–H groups in total. The average molecular weight is 419 g/mol. The van der Waals surface area contributed by atoms with Crippen molar-refractivity contribution in [3.8, 4) is 0 Å². The van der Waals surface area contributed by atoms with Crippen molar-refractivity contribution in [3.63, 3.8) is 0 Å². The molecule has 7 heteroatoms. The number of carbonyl (C=O) groups excluding carboxylic acids is 1. The number of benzene rings is 2. The summed E-state index contributed by atoms with van der Waals surface area (Å²) < 4.78 is 39.2. The topological polar surface area (TPSA) is 66.5 Å². The summed E-state index contributed by atoms with van der Waals surface area (Å²) in [6, 6.07) is 12.0. The van der Waals surface area contributed by atoms with Crippen LogP contribution in [0, 0.1) is 5.82 Å². The standard InChI is InChI=1S/C22H27FN2O3S/c1-16(18-13-12-17-7-5-8-19(17)15-18)24-22(26)11-6-14-25(29(2,27)28)21-10-4-3-9-20(21)23/h3-4,9-10,12-13,15-16H,5-8,11,14H2,1-2H3,(H,24,26)/t16-/m0/s1. The van der Waals surface area contributed by atoms with Crippen LogP contribution in [-0.4, -0.2) is 27.1 Å². The highest BCUT2D eigenvalue weighted by molar-refractivity contribution is 7.92. The lowest BCUT2D eigenvalue weighted by Gasteiger charge is -2.23. The van der Waals surface area contributed by atoms with Gasteiger partial charge in [0.25, 0.3) is 0 Å². The molecule has 29 heavy (non-hydrogen) atoms. The molecule has 0 aliphatic heterocycles. The third-order valence-electron chi connectivity index (χ3n) is 5.29. The number of hydrogen-bond donors (Lipinski definition) is 1. The van der Waals surface area contributed by atoms with Gasteiger partial charge in [0, 0.05) is 13.0 Å². The first-order valence-electron chi connectivity index (χ1n) is 9.89. The van der Waals surface area contributed by atoms with Gasteiger partial charge in [-0.3, -0.25) is 9.10 Å². The van der Waals surface area contributed by atoms with E-state index < -0.39 is 15.8 Å². The van der Waals surface area contributed by atoms with Crippen LogP contribution in [0.2, 0.25) is 0 Å². The first-order chi connectivity index (χ1) is 13.8. The quantitative estimate of drug-likeness (QED) is 0.710. The van der Waals surface area contributed by atoms with E-state index in [0.29, 0.717) is 6.42 Å². The Morgan fingerprint density at radius 3 is 2.62 bits per heavy atom. The van der Waals surface area contributed by atoms with Crippen molar-refractivity contribution in [2.24, 2.45) is 0 Å². The Bertz CT molecular complexity index is 991. The average Bonchev–Trinajstić information content (AvgIpc) is 3.13. The van der Waals surface area contributed by atoms with Gasteiger partial charge in [-0.1, -0.05) is 30.3 Å². The predicted octanol–water partition coefficient (Wildman–Crippen LogP) is 3.74. The maximum absolute atomic E-state index is 14.0. The van der Waals surface area contributed by atoms with Gasteiger partial charge in [-0.15, -0.1) is 0 Å². The van der Waals surface area contributed by atoms with Crippen molar-refractivity contribution in [2.75, 3.05) is 17.1 Å². The number of nitrogens with zero attached hydrogens (tertiary/aromatic N) is 1. The molecule has 3 rings (SSSR count). The molecule has 1 atom stereocenters. The van der Waals surface area contributed by atoms with E-state index in [1.165, 1.54) is 35.7 Å². The normalized spacial score (nSPS) is 14.3. The third kappa shape index (κ3) is 5.35. The Balaban J connectivity index is 1.56. The SMILES string of the molecule is C[C@H](NC(=O)CCCN(c1ccccc1F)S(C)(=O)=O)c1ccc2c(c1)CCC2. The van der Waals surface area contributed by atoms with E-state index >= 15 is 0 Å². The molecule has 5 nitrogen and oxygen atoms in total. The lowest BCUT2D eigenvalue weighted by atomic mass is 10.0. The second-order valence-corrected chi connectivity index (χ2v) is 9.47. The molecule has 1 amide bonds. The highest BCUT2D eigenvalue weighted by Gasteiger charge is 2.21. The van der Waals surface area contributed by atoms with Gasteiger partial charge in [-0.2, -0.15) is 0 Å². The summed E-state index contributed by atoms with van der Waals surface area (Å²) in [6.07, 6.45) is 4.88. The number of rotatable bonds is 8. The van der Waals surface area contributed by atoms with Crippen LogP contribution in [0.15, 0.2) is 42.5 Å². The summed E-state index contributed by atoms with van der Waals surface area (Å²) in [5, 5.41) is 2.97. The molecule has 2 aromatic rings. The number of hydrogen-bond acceptors (Lipinski definition) is 3.